The van der Waals surface area contributed by atoms with Crippen LogP contribution in [0.25, 0.3) is 10.9 Å². The molecule has 2 aromatic rings. The number of fused-ring (bicyclic) bond motifs is 1. The summed E-state index contributed by atoms with van der Waals surface area (Å²) in [5.74, 6) is 1.65. The van der Waals surface area contributed by atoms with E-state index in [9.17, 15) is 0 Å². The molecule has 1 aromatic carbocycles. The molecule has 0 saturated heterocycles. The fourth-order valence-electron chi connectivity index (χ4n) is 2.26. The van der Waals surface area contributed by atoms with Gasteiger partial charge in [-0.2, -0.15) is 0 Å². The molecular weight excluding hydrogens is 248 g/mol. The maximum atomic E-state index is 5.78. The van der Waals surface area contributed by atoms with E-state index in [0.29, 0.717) is 6.61 Å². The molecule has 3 heteroatoms. The lowest BCUT2D eigenvalue weighted by molar-refractivity contribution is 0.115. The van der Waals surface area contributed by atoms with Crippen molar-refractivity contribution < 1.29 is 4.74 Å². The summed E-state index contributed by atoms with van der Waals surface area (Å²) in [4.78, 5) is 4.63. The number of nitrogens with one attached hydrogen (secondary N) is 1. The highest BCUT2D eigenvalue weighted by Gasteiger charge is 2.05. The Balaban J connectivity index is 2.01. The third-order valence-corrected chi connectivity index (χ3v) is 3.37. The van der Waals surface area contributed by atoms with Gasteiger partial charge in [-0.05, 0) is 30.9 Å². The van der Waals surface area contributed by atoms with Crippen LogP contribution in [0.2, 0.25) is 0 Å². The van der Waals surface area contributed by atoms with Crippen LogP contribution in [0.5, 0.6) is 0 Å². The number of pyridine rings is 1. The van der Waals surface area contributed by atoms with E-state index in [0.717, 1.165) is 41.2 Å². The largest absolute Gasteiger partial charge is 0.377 e. The number of rotatable bonds is 7. The van der Waals surface area contributed by atoms with E-state index in [-0.39, 0.29) is 0 Å². The number of benzene rings is 1. The highest BCUT2D eigenvalue weighted by molar-refractivity contribution is 5.81. The zero-order valence-corrected chi connectivity index (χ0v) is 12.6. The van der Waals surface area contributed by atoms with Crippen LogP contribution in [0.1, 0.15) is 32.3 Å². The van der Waals surface area contributed by atoms with Crippen molar-refractivity contribution in [3.8, 4) is 0 Å². The SMILES string of the molecule is CNc1nc2ccccc2cc1COCCCC(C)C. The molecule has 1 heterocycles. The van der Waals surface area contributed by atoms with Gasteiger partial charge in [0.05, 0.1) is 12.1 Å². The number of aromatic nitrogens is 1. The van der Waals surface area contributed by atoms with Gasteiger partial charge in [0.25, 0.3) is 0 Å². The maximum Gasteiger partial charge on any atom is 0.131 e. The van der Waals surface area contributed by atoms with Crippen molar-refractivity contribution in [1.29, 1.82) is 0 Å². The standard InChI is InChI=1S/C17H24N2O/c1-13(2)7-6-10-20-12-15-11-14-8-4-5-9-16(14)19-17(15)18-3/h4-5,8-9,11,13H,6-7,10,12H2,1-3H3,(H,18,19). The number of hydrogen-bond acceptors (Lipinski definition) is 3. The number of anilines is 1. The number of ether oxygens (including phenoxy) is 1. The normalized spacial score (nSPS) is 11.2. The van der Waals surface area contributed by atoms with Crippen molar-refractivity contribution in [2.24, 2.45) is 5.92 Å². The third kappa shape index (κ3) is 3.94. The Hall–Kier alpha value is -1.61. The summed E-state index contributed by atoms with van der Waals surface area (Å²) >= 11 is 0. The summed E-state index contributed by atoms with van der Waals surface area (Å²) in [7, 11) is 1.90. The molecular formula is C17H24N2O. The molecule has 2 rings (SSSR count). The Morgan fingerprint density at radius 3 is 2.80 bits per heavy atom. The second kappa shape index (κ2) is 7.25. The van der Waals surface area contributed by atoms with Crippen molar-refractivity contribution in [2.75, 3.05) is 19.0 Å². The van der Waals surface area contributed by atoms with E-state index in [1.165, 1.54) is 6.42 Å². The minimum Gasteiger partial charge on any atom is -0.377 e. The van der Waals surface area contributed by atoms with Crippen molar-refractivity contribution >= 4 is 16.7 Å². The minimum atomic E-state index is 0.617. The van der Waals surface area contributed by atoms with Crippen molar-refractivity contribution in [1.82, 2.24) is 4.98 Å². The van der Waals surface area contributed by atoms with Crippen LogP contribution in [0.3, 0.4) is 0 Å². The lowest BCUT2D eigenvalue weighted by Crippen LogP contribution is -2.03. The van der Waals surface area contributed by atoms with E-state index in [2.05, 4.69) is 36.3 Å². The molecule has 3 nitrogen and oxygen atoms in total. The lowest BCUT2D eigenvalue weighted by atomic mass is 10.1. The molecule has 0 amide bonds. The average molecular weight is 272 g/mol. The Morgan fingerprint density at radius 1 is 1.25 bits per heavy atom. The molecule has 0 spiro atoms. The van der Waals surface area contributed by atoms with Crippen LogP contribution in [-0.2, 0) is 11.3 Å². The van der Waals surface area contributed by atoms with Crippen molar-refractivity contribution in [3.63, 3.8) is 0 Å². The second-order valence-electron chi connectivity index (χ2n) is 5.53. The molecule has 0 saturated carbocycles. The van der Waals surface area contributed by atoms with Gasteiger partial charge in [-0.15, -0.1) is 0 Å². The monoisotopic (exact) mass is 272 g/mol. The number of hydrogen-bond donors (Lipinski definition) is 1. The quantitative estimate of drug-likeness (QED) is 0.766. The number of para-hydroxylation sites is 1. The second-order valence-corrected chi connectivity index (χ2v) is 5.53. The molecule has 0 aliphatic heterocycles. The van der Waals surface area contributed by atoms with Gasteiger partial charge in [0.1, 0.15) is 5.82 Å². The van der Waals surface area contributed by atoms with Crippen LogP contribution in [0.4, 0.5) is 5.82 Å². The Morgan fingerprint density at radius 2 is 2.05 bits per heavy atom. The zero-order chi connectivity index (χ0) is 14.4. The molecule has 0 bridgehead atoms. The first-order valence-electron chi connectivity index (χ1n) is 7.35. The number of nitrogens with zero attached hydrogens (tertiary/aromatic N) is 1. The van der Waals surface area contributed by atoms with E-state index < -0.39 is 0 Å². The predicted octanol–water partition coefficient (Wildman–Crippen LogP) is 4.23. The Labute approximate surface area is 121 Å². The highest BCUT2D eigenvalue weighted by Crippen LogP contribution is 2.21. The van der Waals surface area contributed by atoms with Crippen LogP contribution in [0.15, 0.2) is 30.3 Å². The molecule has 0 aliphatic carbocycles. The van der Waals surface area contributed by atoms with Crippen LogP contribution in [0, 0.1) is 5.92 Å². The van der Waals surface area contributed by atoms with Crippen LogP contribution < -0.4 is 5.32 Å². The van der Waals surface area contributed by atoms with Crippen molar-refractivity contribution in [3.05, 3.63) is 35.9 Å². The van der Waals surface area contributed by atoms with Gasteiger partial charge in [-0.1, -0.05) is 32.0 Å². The topological polar surface area (TPSA) is 34.2 Å². The minimum absolute atomic E-state index is 0.617. The molecule has 20 heavy (non-hydrogen) atoms. The van der Waals surface area contributed by atoms with E-state index >= 15 is 0 Å². The molecule has 0 atom stereocenters. The van der Waals surface area contributed by atoms with E-state index in [1.54, 1.807) is 0 Å². The van der Waals surface area contributed by atoms with E-state index in [4.69, 9.17) is 4.74 Å². The first-order valence-corrected chi connectivity index (χ1v) is 7.35. The van der Waals surface area contributed by atoms with Gasteiger partial charge in [0, 0.05) is 24.6 Å². The summed E-state index contributed by atoms with van der Waals surface area (Å²) < 4.78 is 5.78. The summed E-state index contributed by atoms with van der Waals surface area (Å²) in [5.41, 5.74) is 2.14. The first kappa shape index (κ1) is 14.8. The maximum absolute atomic E-state index is 5.78. The molecule has 0 fully saturated rings. The summed E-state index contributed by atoms with van der Waals surface area (Å²) in [5, 5.41) is 4.32. The predicted molar refractivity (Wildman–Crippen MR) is 85.0 cm³/mol. The average Bonchev–Trinajstić information content (AvgIpc) is 2.45. The van der Waals surface area contributed by atoms with Gasteiger partial charge in [0.2, 0.25) is 0 Å². The van der Waals surface area contributed by atoms with Gasteiger partial charge in [-0.3, -0.25) is 0 Å². The molecule has 0 unspecified atom stereocenters. The van der Waals surface area contributed by atoms with Gasteiger partial charge < -0.3 is 10.1 Å². The smallest absolute Gasteiger partial charge is 0.131 e. The molecule has 108 valence electrons. The third-order valence-electron chi connectivity index (χ3n) is 3.37. The van der Waals surface area contributed by atoms with E-state index in [1.807, 2.05) is 25.2 Å². The van der Waals surface area contributed by atoms with Crippen LogP contribution in [-0.4, -0.2) is 18.6 Å². The van der Waals surface area contributed by atoms with Crippen LogP contribution >= 0.6 is 0 Å². The Kier molecular flexibility index (Phi) is 5.36. The summed E-state index contributed by atoms with van der Waals surface area (Å²) in [6, 6.07) is 10.3. The Bertz CT molecular complexity index is 552. The van der Waals surface area contributed by atoms with Gasteiger partial charge >= 0.3 is 0 Å². The molecule has 1 N–H and O–H groups in total. The van der Waals surface area contributed by atoms with Gasteiger partial charge in [0.15, 0.2) is 0 Å². The fraction of sp³-hybridized carbons (Fsp3) is 0.471. The molecule has 1 aromatic heterocycles. The highest BCUT2D eigenvalue weighted by atomic mass is 16.5. The summed E-state index contributed by atoms with van der Waals surface area (Å²) in [6.45, 7) is 5.92. The molecule has 0 radical (unpaired) electrons. The molecule has 0 aliphatic rings. The first-order chi connectivity index (χ1) is 9.70. The lowest BCUT2D eigenvalue weighted by Gasteiger charge is -2.11. The van der Waals surface area contributed by atoms with Gasteiger partial charge in [-0.25, -0.2) is 4.98 Å². The summed E-state index contributed by atoms with van der Waals surface area (Å²) in [6.07, 6.45) is 2.34. The zero-order valence-electron chi connectivity index (χ0n) is 12.6. The fourth-order valence-corrected chi connectivity index (χ4v) is 2.26. The van der Waals surface area contributed by atoms with Crippen molar-refractivity contribution in [2.45, 2.75) is 33.3 Å².